The van der Waals surface area contributed by atoms with E-state index in [1.165, 1.54) is 38.3 Å². The molecule has 2 heterocycles. The molecule has 1 aliphatic heterocycles. The molecule has 0 atom stereocenters. The molecular weight excluding hydrogens is 460 g/mol. The summed E-state index contributed by atoms with van der Waals surface area (Å²) < 4.78 is 35.5. The Balaban J connectivity index is 1.81. The van der Waals surface area contributed by atoms with Crippen LogP contribution in [0.4, 0.5) is 11.5 Å². The third-order valence-corrected chi connectivity index (χ3v) is 6.79. The number of nitrogens with zero attached hydrogens (tertiary/aromatic N) is 2. The van der Waals surface area contributed by atoms with E-state index in [0.717, 1.165) is 4.68 Å². The number of methoxy groups -OCH3 is 1. The van der Waals surface area contributed by atoms with Crippen molar-refractivity contribution in [2.24, 2.45) is 0 Å². The second-order valence-corrected chi connectivity index (χ2v) is 9.42. The van der Waals surface area contributed by atoms with Crippen LogP contribution < -0.4 is 14.8 Å². The maximum atomic E-state index is 13.3. The molecule has 0 spiro atoms. The lowest BCUT2D eigenvalue weighted by Crippen LogP contribution is -2.15. The average molecular weight is 483 g/mol. The first-order chi connectivity index (χ1) is 16.1. The quantitative estimate of drug-likeness (QED) is 0.515. The fourth-order valence-corrected chi connectivity index (χ4v) is 4.99. The molecule has 34 heavy (non-hydrogen) atoms. The zero-order chi connectivity index (χ0) is 24.6. The minimum absolute atomic E-state index is 0.0187. The zero-order valence-corrected chi connectivity index (χ0v) is 19.5. The lowest BCUT2D eigenvalue weighted by molar-refractivity contribution is -0.116. The van der Waals surface area contributed by atoms with Gasteiger partial charge in [-0.15, -0.1) is 0 Å². The van der Waals surface area contributed by atoms with Gasteiger partial charge in [-0.2, -0.15) is 9.78 Å². The van der Waals surface area contributed by atoms with Gasteiger partial charge in [0.1, 0.15) is 16.5 Å². The highest BCUT2D eigenvalue weighted by Crippen LogP contribution is 2.37. The molecule has 1 aliphatic rings. The van der Waals surface area contributed by atoms with Crippen LogP contribution in [0.5, 0.6) is 5.75 Å². The van der Waals surface area contributed by atoms with Gasteiger partial charge < -0.3 is 10.1 Å². The molecule has 3 aromatic rings. The van der Waals surface area contributed by atoms with Crippen molar-refractivity contribution in [2.75, 3.05) is 17.1 Å². The number of Topliss-reactive ketones (excluding diaryl/α,β-unsaturated/α-hetero) is 1. The molecule has 0 radical (unpaired) electrons. The van der Waals surface area contributed by atoms with Crippen molar-refractivity contribution in [1.82, 2.24) is 9.78 Å². The normalized spacial score (nSPS) is 13.6. The van der Waals surface area contributed by atoms with Crippen molar-refractivity contribution < 1.29 is 27.5 Å². The van der Waals surface area contributed by atoms with Gasteiger partial charge in [-0.25, -0.2) is 8.42 Å². The van der Waals surface area contributed by atoms with Crippen molar-refractivity contribution in [3.63, 3.8) is 0 Å². The highest BCUT2D eigenvalue weighted by molar-refractivity contribution is 7.92. The van der Waals surface area contributed by atoms with Gasteiger partial charge in [0, 0.05) is 29.7 Å². The molecule has 4 rings (SSSR count). The molecule has 176 valence electrons. The van der Waals surface area contributed by atoms with Crippen molar-refractivity contribution in [3.05, 3.63) is 53.7 Å². The average Bonchev–Trinajstić information content (AvgIpc) is 3.05. The minimum atomic E-state index is -4.14. The summed E-state index contributed by atoms with van der Waals surface area (Å²) in [4.78, 5) is 36.1. The SMILES string of the molecule is COc1ccc(-c2c(C)nn3c2NC(=O)CCC3=O)cc1S(=O)(=O)Nc1cccc(C(C)=O)c1. The first kappa shape index (κ1) is 23.2. The molecule has 1 aromatic heterocycles. The number of sulfonamides is 1. The fourth-order valence-electron chi connectivity index (χ4n) is 3.74. The predicted molar refractivity (Wildman–Crippen MR) is 125 cm³/mol. The maximum Gasteiger partial charge on any atom is 0.265 e. The summed E-state index contributed by atoms with van der Waals surface area (Å²) in [5.41, 5.74) is 1.88. The summed E-state index contributed by atoms with van der Waals surface area (Å²) in [6.07, 6.45) is 0.0526. The van der Waals surface area contributed by atoms with Gasteiger partial charge in [-0.3, -0.25) is 19.1 Å². The van der Waals surface area contributed by atoms with Crippen LogP contribution in [0.15, 0.2) is 47.4 Å². The third kappa shape index (κ3) is 4.29. The Labute approximate surface area is 196 Å². The van der Waals surface area contributed by atoms with Crippen LogP contribution in [0.1, 0.15) is 40.6 Å². The number of carbonyl (C=O) groups excluding carboxylic acids is 3. The summed E-state index contributed by atoms with van der Waals surface area (Å²) in [7, 11) is -2.80. The molecule has 10 nitrogen and oxygen atoms in total. The van der Waals surface area contributed by atoms with E-state index in [9.17, 15) is 22.8 Å². The van der Waals surface area contributed by atoms with Crippen molar-refractivity contribution in [1.29, 1.82) is 0 Å². The molecule has 2 aromatic carbocycles. The third-order valence-electron chi connectivity index (χ3n) is 5.38. The number of aryl methyl sites for hydroxylation is 1. The smallest absolute Gasteiger partial charge is 0.265 e. The molecular formula is C23H22N4O6S. The Morgan fingerprint density at radius 2 is 1.91 bits per heavy atom. The topological polar surface area (TPSA) is 136 Å². The molecule has 0 aliphatic carbocycles. The number of amides is 1. The van der Waals surface area contributed by atoms with E-state index in [1.807, 2.05) is 0 Å². The largest absolute Gasteiger partial charge is 0.495 e. The van der Waals surface area contributed by atoms with Gasteiger partial charge in [-0.05, 0) is 43.7 Å². The Hall–Kier alpha value is -3.99. The van der Waals surface area contributed by atoms with Crippen LogP contribution in [0, 0.1) is 6.92 Å². The number of hydrogen-bond acceptors (Lipinski definition) is 7. The number of carbonyl (C=O) groups is 3. The highest BCUT2D eigenvalue weighted by atomic mass is 32.2. The first-order valence-corrected chi connectivity index (χ1v) is 11.8. The number of aromatic nitrogens is 2. The number of nitrogens with one attached hydrogen (secondary N) is 2. The van der Waals surface area contributed by atoms with E-state index in [2.05, 4.69) is 15.1 Å². The van der Waals surface area contributed by atoms with E-state index in [4.69, 9.17) is 4.74 Å². The van der Waals surface area contributed by atoms with Gasteiger partial charge >= 0.3 is 0 Å². The van der Waals surface area contributed by atoms with E-state index >= 15 is 0 Å². The van der Waals surface area contributed by atoms with E-state index in [0.29, 0.717) is 22.4 Å². The maximum absolute atomic E-state index is 13.3. The number of rotatable bonds is 6. The Morgan fingerprint density at radius 3 is 2.62 bits per heavy atom. The molecule has 0 bridgehead atoms. The van der Waals surface area contributed by atoms with Gasteiger partial charge in [0.25, 0.3) is 10.0 Å². The second-order valence-electron chi connectivity index (χ2n) is 7.77. The first-order valence-electron chi connectivity index (χ1n) is 10.4. The lowest BCUT2D eigenvalue weighted by atomic mass is 10.1. The monoisotopic (exact) mass is 482 g/mol. The van der Waals surface area contributed by atoms with Crippen LogP contribution in [0.25, 0.3) is 11.1 Å². The number of ether oxygens (including phenoxy) is 1. The Morgan fingerprint density at radius 1 is 1.15 bits per heavy atom. The standard InChI is InChI=1S/C23H22N4O6S/c1-13-22(23-24-20(29)9-10-21(30)27(23)25-13)16-7-8-18(33-3)19(12-16)34(31,32)26-17-6-4-5-15(11-17)14(2)28/h4-8,11-12,26H,9-10H2,1-3H3,(H,24,29). The number of fused-ring (bicyclic) bond motifs is 1. The summed E-state index contributed by atoms with van der Waals surface area (Å²) in [6.45, 7) is 3.06. The van der Waals surface area contributed by atoms with Crippen LogP contribution in [0.2, 0.25) is 0 Å². The fraction of sp³-hybridized carbons (Fsp3) is 0.217. The molecule has 11 heteroatoms. The number of hydrogen-bond donors (Lipinski definition) is 2. The van der Waals surface area contributed by atoms with E-state index in [1.54, 1.807) is 25.1 Å². The highest BCUT2D eigenvalue weighted by Gasteiger charge is 2.28. The van der Waals surface area contributed by atoms with E-state index < -0.39 is 10.0 Å². The summed E-state index contributed by atoms with van der Waals surface area (Å²) >= 11 is 0. The number of benzene rings is 2. The minimum Gasteiger partial charge on any atom is -0.495 e. The predicted octanol–water partition coefficient (Wildman–Crippen LogP) is 3.24. The number of ketones is 1. The van der Waals surface area contributed by atoms with Gasteiger partial charge in [0.2, 0.25) is 11.8 Å². The Kier molecular flexibility index (Phi) is 5.96. The Bertz CT molecular complexity index is 1440. The molecule has 1 amide bonds. The molecule has 0 unspecified atom stereocenters. The number of anilines is 2. The van der Waals surface area contributed by atoms with Crippen molar-refractivity contribution in [3.8, 4) is 16.9 Å². The van der Waals surface area contributed by atoms with Gasteiger partial charge in [0.15, 0.2) is 5.78 Å². The molecule has 0 fully saturated rings. The van der Waals surface area contributed by atoms with Gasteiger partial charge in [-0.1, -0.05) is 18.2 Å². The molecule has 2 N–H and O–H groups in total. The van der Waals surface area contributed by atoms with Gasteiger partial charge in [0.05, 0.1) is 12.8 Å². The summed E-state index contributed by atoms with van der Waals surface area (Å²) in [6, 6.07) is 10.6. The van der Waals surface area contributed by atoms with Crippen LogP contribution >= 0.6 is 0 Å². The molecule has 0 saturated carbocycles. The van der Waals surface area contributed by atoms with Crippen LogP contribution in [0.3, 0.4) is 0 Å². The zero-order valence-electron chi connectivity index (χ0n) is 18.7. The summed E-state index contributed by atoms with van der Waals surface area (Å²) in [5.74, 6) is -0.581. The van der Waals surface area contributed by atoms with Crippen LogP contribution in [-0.2, 0) is 14.8 Å². The van der Waals surface area contributed by atoms with E-state index in [-0.39, 0.29) is 52.6 Å². The molecule has 0 saturated heterocycles. The summed E-state index contributed by atoms with van der Waals surface area (Å²) in [5, 5.41) is 6.95. The lowest BCUT2D eigenvalue weighted by Gasteiger charge is -2.14. The van der Waals surface area contributed by atoms with Crippen LogP contribution in [-0.4, -0.2) is 42.9 Å². The van der Waals surface area contributed by atoms with Crippen molar-refractivity contribution >= 4 is 39.1 Å². The second kappa shape index (κ2) is 8.75. The van der Waals surface area contributed by atoms with Crippen molar-refractivity contribution in [2.45, 2.75) is 31.6 Å².